The molecule has 0 spiro atoms. The number of benzene rings is 1. The van der Waals surface area contributed by atoms with Crippen LogP contribution in [0.3, 0.4) is 0 Å². The lowest BCUT2D eigenvalue weighted by Crippen LogP contribution is -2.49. The van der Waals surface area contributed by atoms with E-state index < -0.39 is 0 Å². The fraction of sp³-hybridized carbons (Fsp3) is 0.529. The number of amides is 1. The lowest BCUT2D eigenvalue weighted by atomic mass is 10.1. The summed E-state index contributed by atoms with van der Waals surface area (Å²) in [7, 11) is 0. The normalized spacial score (nSPS) is 16.0. The Balaban J connectivity index is 1.66. The van der Waals surface area contributed by atoms with Gasteiger partial charge in [0, 0.05) is 50.6 Å². The van der Waals surface area contributed by atoms with E-state index in [4.69, 9.17) is 5.11 Å². The number of rotatable bonds is 6. The lowest BCUT2D eigenvalue weighted by molar-refractivity contribution is 0.0645. The number of aliphatic hydroxyl groups excluding tert-OH is 1. The van der Waals surface area contributed by atoms with Crippen molar-refractivity contribution in [2.24, 2.45) is 0 Å². The Morgan fingerprint density at radius 2 is 2.04 bits per heavy atom. The highest BCUT2D eigenvalue weighted by Gasteiger charge is 2.22. The molecule has 1 saturated heterocycles. The molecule has 24 heavy (non-hydrogen) atoms. The highest BCUT2D eigenvalue weighted by Crippen LogP contribution is 2.17. The second kappa shape index (κ2) is 8.00. The Labute approximate surface area is 146 Å². The van der Waals surface area contributed by atoms with Crippen molar-refractivity contribution in [2.45, 2.75) is 6.54 Å². The molecule has 1 fully saturated rings. The summed E-state index contributed by atoms with van der Waals surface area (Å²) in [6, 6.07) is 5.63. The molecule has 1 aromatic carbocycles. The van der Waals surface area contributed by atoms with Crippen LogP contribution in [-0.2, 0) is 6.54 Å². The van der Waals surface area contributed by atoms with Crippen LogP contribution in [0, 0.1) is 0 Å². The standard InChI is InChI=1S/C17H24N4O2S/c1-24-11-9-19-4-6-20(7-5-19)17(23)14-2-3-16-15(12-14)18-13-21(16)8-10-22/h2-3,12-13,22H,4-11H2,1H3. The summed E-state index contributed by atoms with van der Waals surface area (Å²) in [5.41, 5.74) is 2.43. The summed E-state index contributed by atoms with van der Waals surface area (Å²) < 4.78 is 1.90. The molecular formula is C17H24N4O2S. The molecular weight excluding hydrogens is 324 g/mol. The van der Waals surface area contributed by atoms with E-state index in [1.807, 2.05) is 39.4 Å². The fourth-order valence-electron chi connectivity index (χ4n) is 3.06. The highest BCUT2D eigenvalue weighted by molar-refractivity contribution is 7.98. The van der Waals surface area contributed by atoms with Gasteiger partial charge in [-0.05, 0) is 24.5 Å². The van der Waals surface area contributed by atoms with E-state index >= 15 is 0 Å². The van der Waals surface area contributed by atoms with Gasteiger partial charge in [-0.2, -0.15) is 11.8 Å². The molecule has 1 aromatic heterocycles. The third-order valence-corrected chi connectivity index (χ3v) is 5.07. The van der Waals surface area contributed by atoms with Crippen molar-refractivity contribution < 1.29 is 9.90 Å². The van der Waals surface area contributed by atoms with Crippen molar-refractivity contribution in [2.75, 3.05) is 51.3 Å². The van der Waals surface area contributed by atoms with Crippen molar-refractivity contribution in [1.29, 1.82) is 0 Å². The van der Waals surface area contributed by atoms with E-state index in [-0.39, 0.29) is 12.5 Å². The van der Waals surface area contributed by atoms with Gasteiger partial charge < -0.3 is 14.6 Å². The molecule has 2 aromatic rings. The molecule has 2 heterocycles. The smallest absolute Gasteiger partial charge is 0.254 e. The number of nitrogens with zero attached hydrogens (tertiary/aromatic N) is 4. The van der Waals surface area contributed by atoms with E-state index in [0.29, 0.717) is 12.1 Å². The molecule has 0 bridgehead atoms. The molecule has 0 saturated carbocycles. The molecule has 130 valence electrons. The number of carbonyl (C=O) groups is 1. The van der Waals surface area contributed by atoms with Gasteiger partial charge in [-0.1, -0.05) is 0 Å². The predicted octanol–water partition coefficient (Wildman–Crippen LogP) is 1.15. The minimum Gasteiger partial charge on any atom is -0.395 e. The van der Waals surface area contributed by atoms with Crippen molar-refractivity contribution in [3.05, 3.63) is 30.1 Å². The molecule has 0 aliphatic carbocycles. The molecule has 3 rings (SSSR count). The topological polar surface area (TPSA) is 61.6 Å². The minimum atomic E-state index is 0.0763. The first-order valence-corrected chi connectivity index (χ1v) is 9.68. The number of hydrogen-bond acceptors (Lipinski definition) is 5. The number of aromatic nitrogens is 2. The van der Waals surface area contributed by atoms with Gasteiger partial charge in [0.2, 0.25) is 0 Å². The summed E-state index contributed by atoms with van der Waals surface area (Å²) >= 11 is 1.86. The van der Waals surface area contributed by atoms with Gasteiger partial charge in [0.25, 0.3) is 5.91 Å². The Morgan fingerprint density at radius 1 is 1.25 bits per heavy atom. The Bertz CT molecular complexity index is 695. The number of hydrogen-bond donors (Lipinski definition) is 1. The second-order valence-electron chi connectivity index (χ2n) is 5.99. The zero-order valence-corrected chi connectivity index (χ0v) is 14.8. The van der Waals surface area contributed by atoms with E-state index in [9.17, 15) is 4.79 Å². The van der Waals surface area contributed by atoms with Gasteiger partial charge in [0.1, 0.15) is 0 Å². The maximum absolute atomic E-state index is 12.7. The van der Waals surface area contributed by atoms with Crippen molar-refractivity contribution >= 4 is 28.7 Å². The van der Waals surface area contributed by atoms with Crippen LogP contribution in [0.15, 0.2) is 24.5 Å². The predicted molar refractivity (Wildman–Crippen MR) is 97.5 cm³/mol. The van der Waals surface area contributed by atoms with Crippen LogP contribution in [0.25, 0.3) is 11.0 Å². The Morgan fingerprint density at radius 3 is 2.75 bits per heavy atom. The van der Waals surface area contributed by atoms with Gasteiger partial charge in [-0.3, -0.25) is 9.69 Å². The molecule has 0 atom stereocenters. The summed E-state index contributed by atoms with van der Waals surface area (Å²) in [4.78, 5) is 21.4. The van der Waals surface area contributed by atoms with Crippen LogP contribution in [0.4, 0.5) is 0 Å². The van der Waals surface area contributed by atoms with Gasteiger partial charge in [0.15, 0.2) is 0 Å². The van der Waals surface area contributed by atoms with Crippen molar-refractivity contribution in [1.82, 2.24) is 19.4 Å². The van der Waals surface area contributed by atoms with Crippen LogP contribution in [0.2, 0.25) is 0 Å². The van der Waals surface area contributed by atoms with E-state index in [2.05, 4.69) is 16.1 Å². The van der Waals surface area contributed by atoms with Gasteiger partial charge in [0.05, 0.1) is 24.0 Å². The lowest BCUT2D eigenvalue weighted by Gasteiger charge is -2.34. The first-order valence-electron chi connectivity index (χ1n) is 8.29. The third kappa shape index (κ3) is 3.74. The first kappa shape index (κ1) is 17.3. The molecule has 1 aliphatic heterocycles. The Kier molecular flexibility index (Phi) is 5.76. The molecule has 1 aliphatic rings. The zero-order valence-electron chi connectivity index (χ0n) is 14.0. The largest absolute Gasteiger partial charge is 0.395 e. The summed E-state index contributed by atoms with van der Waals surface area (Å²) in [5.74, 6) is 1.22. The van der Waals surface area contributed by atoms with Gasteiger partial charge >= 0.3 is 0 Å². The molecule has 6 nitrogen and oxygen atoms in total. The van der Waals surface area contributed by atoms with Crippen molar-refractivity contribution in [3.63, 3.8) is 0 Å². The SMILES string of the molecule is CSCCN1CCN(C(=O)c2ccc3c(c2)ncn3CCO)CC1. The van der Waals surface area contributed by atoms with E-state index in [1.54, 1.807) is 6.33 Å². The molecule has 1 N–H and O–H groups in total. The molecule has 0 unspecified atom stereocenters. The maximum atomic E-state index is 12.7. The minimum absolute atomic E-state index is 0.0763. The number of aliphatic hydroxyl groups is 1. The van der Waals surface area contributed by atoms with Crippen LogP contribution in [0.1, 0.15) is 10.4 Å². The van der Waals surface area contributed by atoms with Crippen LogP contribution < -0.4 is 0 Å². The fourth-order valence-corrected chi connectivity index (χ4v) is 3.50. The average Bonchev–Trinajstić information content (AvgIpc) is 3.02. The molecule has 7 heteroatoms. The maximum Gasteiger partial charge on any atom is 0.254 e. The quantitative estimate of drug-likeness (QED) is 0.849. The number of imidazole rings is 1. The highest BCUT2D eigenvalue weighted by atomic mass is 32.2. The number of carbonyl (C=O) groups excluding carboxylic acids is 1. The molecule has 0 radical (unpaired) electrons. The summed E-state index contributed by atoms with van der Waals surface area (Å²) in [6.45, 7) is 5.14. The van der Waals surface area contributed by atoms with E-state index in [1.165, 1.54) is 0 Å². The summed E-state index contributed by atoms with van der Waals surface area (Å²) in [5, 5.41) is 9.07. The van der Waals surface area contributed by atoms with Gasteiger partial charge in [-0.25, -0.2) is 4.98 Å². The van der Waals surface area contributed by atoms with Gasteiger partial charge in [-0.15, -0.1) is 0 Å². The van der Waals surface area contributed by atoms with Crippen LogP contribution in [-0.4, -0.2) is 81.7 Å². The average molecular weight is 348 g/mol. The van der Waals surface area contributed by atoms with Crippen LogP contribution >= 0.6 is 11.8 Å². The Hall–Kier alpha value is -1.57. The monoisotopic (exact) mass is 348 g/mol. The number of piperazine rings is 1. The second-order valence-corrected chi connectivity index (χ2v) is 6.98. The van der Waals surface area contributed by atoms with Crippen molar-refractivity contribution in [3.8, 4) is 0 Å². The van der Waals surface area contributed by atoms with Crippen LogP contribution in [0.5, 0.6) is 0 Å². The third-order valence-electron chi connectivity index (χ3n) is 4.48. The number of thioether (sulfide) groups is 1. The zero-order chi connectivity index (χ0) is 16.9. The number of fused-ring (bicyclic) bond motifs is 1. The van der Waals surface area contributed by atoms with E-state index in [0.717, 1.165) is 49.5 Å². The summed E-state index contributed by atoms with van der Waals surface area (Å²) in [6.07, 6.45) is 3.83. The first-order chi connectivity index (χ1) is 11.7. The molecule has 1 amide bonds.